The SMILES string of the molecule is Cn1cc(C(N)C(=O)NCC2COC(C)(C)O2)cn1. The summed E-state index contributed by atoms with van der Waals surface area (Å²) in [6.07, 6.45) is 3.17. The topological polar surface area (TPSA) is 91.4 Å². The van der Waals surface area contributed by atoms with Crippen LogP contribution in [0.3, 0.4) is 0 Å². The van der Waals surface area contributed by atoms with Crippen LogP contribution >= 0.6 is 0 Å². The van der Waals surface area contributed by atoms with Crippen molar-refractivity contribution in [2.45, 2.75) is 31.8 Å². The van der Waals surface area contributed by atoms with Gasteiger partial charge in [-0.3, -0.25) is 9.48 Å². The van der Waals surface area contributed by atoms with Crippen molar-refractivity contribution in [3.63, 3.8) is 0 Å². The molecule has 7 nitrogen and oxygen atoms in total. The number of nitrogens with one attached hydrogen (secondary N) is 1. The molecule has 0 radical (unpaired) electrons. The molecule has 1 aromatic rings. The van der Waals surface area contributed by atoms with E-state index in [4.69, 9.17) is 15.2 Å². The monoisotopic (exact) mass is 268 g/mol. The number of hydrogen-bond donors (Lipinski definition) is 2. The number of aryl methyl sites for hydroxylation is 1. The van der Waals surface area contributed by atoms with Crippen LogP contribution in [0, 0.1) is 0 Å². The Hall–Kier alpha value is -1.44. The number of nitrogens with two attached hydrogens (primary N) is 1. The van der Waals surface area contributed by atoms with Crippen LogP contribution in [0.4, 0.5) is 0 Å². The fourth-order valence-corrected chi connectivity index (χ4v) is 1.94. The number of ether oxygens (including phenoxy) is 2. The van der Waals surface area contributed by atoms with Crippen molar-refractivity contribution in [1.82, 2.24) is 15.1 Å². The number of nitrogens with zero attached hydrogens (tertiary/aromatic N) is 2. The average molecular weight is 268 g/mol. The lowest BCUT2D eigenvalue weighted by Crippen LogP contribution is -2.39. The molecule has 3 N–H and O–H groups in total. The smallest absolute Gasteiger partial charge is 0.241 e. The molecule has 1 aliphatic rings. The minimum atomic E-state index is -0.718. The third-order valence-corrected chi connectivity index (χ3v) is 2.94. The first-order valence-corrected chi connectivity index (χ1v) is 6.21. The first kappa shape index (κ1) is 14.0. The van der Waals surface area contributed by atoms with Crippen molar-refractivity contribution in [2.24, 2.45) is 12.8 Å². The summed E-state index contributed by atoms with van der Waals surface area (Å²) >= 11 is 0. The Kier molecular flexibility index (Phi) is 3.88. The first-order chi connectivity index (χ1) is 8.87. The zero-order valence-electron chi connectivity index (χ0n) is 11.4. The molecule has 2 rings (SSSR count). The van der Waals surface area contributed by atoms with E-state index >= 15 is 0 Å². The molecule has 0 aromatic carbocycles. The number of amides is 1. The molecule has 1 saturated heterocycles. The van der Waals surface area contributed by atoms with Gasteiger partial charge in [0, 0.05) is 25.4 Å². The fourth-order valence-electron chi connectivity index (χ4n) is 1.94. The summed E-state index contributed by atoms with van der Waals surface area (Å²) in [6.45, 7) is 4.54. The van der Waals surface area contributed by atoms with Crippen LogP contribution in [0.1, 0.15) is 25.5 Å². The Morgan fingerprint density at radius 3 is 3.00 bits per heavy atom. The van der Waals surface area contributed by atoms with Crippen molar-refractivity contribution in [1.29, 1.82) is 0 Å². The molecule has 2 atom stereocenters. The van der Waals surface area contributed by atoms with Crippen molar-refractivity contribution < 1.29 is 14.3 Å². The molecule has 1 aliphatic heterocycles. The highest BCUT2D eigenvalue weighted by Crippen LogP contribution is 2.21. The van der Waals surface area contributed by atoms with Crippen LogP contribution in [-0.4, -0.2) is 40.7 Å². The van der Waals surface area contributed by atoms with Crippen LogP contribution in [-0.2, 0) is 21.3 Å². The maximum absolute atomic E-state index is 11.9. The van der Waals surface area contributed by atoms with Crippen LogP contribution in [0.15, 0.2) is 12.4 Å². The standard InChI is InChI=1S/C12H20N4O3/c1-12(2)18-7-9(19-12)5-14-11(17)10(13)8-4-15-16(3)6-8/h4,6,9-10H,5,7,13H2,1-3H3,(H,14,17). The van der Waals surface area contributed by atoms with E-state index in [0.29, 0.717) is 18.7 Å². The van der Waals surface area contributed by atoms with Crippen LogP contribution in [0.2, 0.25) is 0 Å². The van der Waals surface area contributed by atoms with Gasteiger partial charge in [0.1, 0.15) is 12.1 Å². The van der Waals surface area contributed by atoms with Gasteiger partial charge in [-0.25, -0.2) is 0 Å². The third kappa shape index (κ3) is 3.52. The van der Waals surface area contributed by atoms with Gasteiger partial charge in [0.2, 0.25) is 5.91 Å². The van der Waals surface area contributed by atoms with Crippen LogP contribution in [0.25, 0.3) is 0 Å². The average Bonchev–Trinajstić information content (AvgIpc) is 2.91. The van der Waals surface area contributed by atoms with Gasteiger partial charge in [-0.2, -0.15) is 5.10 Å². The van der Waals surface area contributed by atoms with E-state index in [1.165, 1.54) is 0 Å². The second kappa shape index (κ2) is 5.28. The summed E-state index contributed by atoms with van der Waals surface area (Å²) in [7, 11) is 1.78. The summed E-state index contributed by atoms with van der Waals surface area (Å²) in [5.41, 5.74) is 6.54. The lowest BCUT2D eigenvalue weighted by Gasteiger charge is -2.18. The highest BCUT2D eigenvalue weighted by molar-refractivity contribution is 5.82. The van der Waals surface area contributed by atoms with Gasteiger partial charge in [0.05, 0.1) is 12.8 Å². The maximum Gasteiger partial charge on any atom is 0.241 e. The normalized spacial score (nSPS) is 23.3. The predicted octanol–water partition coefficient (Wildman–Crippen LogP) is -0.312. The van der Waals surface area contributed by atoms with E-state index in [1.54, 1.807) is 24.1 Å². The van der Waals surface area contributed by atoms with E-state index in [9.17, 15) is 4.79 Å². The van der Waals surface area contributed by atoms with E-state index in [1.807, 2.05) is 13.8 Å². The second-order valence-electron chi connectivity index (χ2n) is 5.12. The Morgan fingerprint density at radius 1 is 1.74 bits per heavy atom. The molecule has 0 aliphatic carbocycles. The molecule has 0 saturated carbocycles. The largest absolute Gasteiger partial charge is 0.352 e. The highest BCUT2D eigenvalue weighted by Gasteiger charge is 2.33. The van der Waals surface area contributed by atoms with Crippen molar-refractivity contribution in [2.75, 3.05) is 13.2 Å². The van der Waals surface area contributed by atoms with Gasteiger partial charge in [0.25, 0.3) is 0 Å². The molecule has 1 aromatic heterocycles. The molecule has 1 fully saturated rings. The quantitative estimate of drug-likeness (QED) is 0.781. The molecule has 0 spiro atoms. The van der Waals surface area contributed by atoms with Gasteiger partial charge in [-0.05, 0) is 13.8 Å². The Labute approximate surface area is 112 Å². The van der Waals surface area contributed by atoms with E-state index in [2.05, 4.69) is 10.4 Å². The molecule has 2 unspecified atom stereocenters. The predicted molar refractivity (Wildman–Crippen MR) is 68.1 cm³/mol. The summed E-state index contributed by atoms with van der Waals surface area (Å²) in [6, 6.07) is -0.718. The van der Waals surface area contributed by atoms with Crippen molar-refractivity contribution in [3.05, 3.63) is 18.0 Å². The Balaban J connectivity index is 1.82. The fraction of sp³-hybridized carbons (Fsp3) is 0.667. The zero-order valence-corrected chi connectivity index (χ0v) is 11.4. The molecule has 106 valence electrons. The third-order valence-electron chi connectivity index (χ3n) is 2.94. The Bertz CT molecular complexity index is 458. The zero-order chi connectivity index (χ0) is 14.0. The van der Waals surface area contributed by atoms with E-state index < -0.39 is 11.8 Å². The van der Waals surface area contributed by atoms with Gasteiger partial charge >= 0.3 is 0 Å². The molecular formula is C12H20N4O3. The number of hydrogen-bond acceptors (Lipinski definition) is 5. The van der Waals surface area contributed by atoms with Gasteiger partial charge in [0.15, 0.2) is 5.79 Å². The van der Waals surface area contributed by atoms with Crippen molar-refractivity contribution >= 4 is 5.91 Å². The number of carbonyl (C=O) groups is 1. The molecule has 2 heterocycles. The lowest BCUT2D eigenvalue weighted by molar-refractivity contribution is -0.139. The van der Waals surface area contributed by atoms with Crippen LogP contribution < -0.4 is 11.1 Å². The molecule has 19 heavy (non-hydrogen) atoms. The number of rotatable bonds is 4. The molecule has 0 bridgehead atoms. The second-order valence-corrected chi connectivity index (χ2v) is 5.12. The number of aromatic nitrogens is 2. The first-order valence-electron chi connectivity index (χ1n) is 6.21. The molecular weight excluding hydrogens is 248 g/mol. The van der Waals surface area contributed by atoms with E-state index in [-0.39, 0.29) is 12.0 Å². The summed E-state index contributed by atoms with van der Waals surface area (Å²) in [5.74, 6) is -0.831. The van der Waals surface area contributed by atoms with E-state index in [0.717, 1.165) is 0 Å². The maximum atomic E-state index is 11.9. The molecule has 7 heteroatoms. The Morgan fingerprint density at radius 2 is 2.47 bits per heavy atom. The van der Waals surface area contributed by atoms with Gasteiger partial charge in [-0.15, -0.1) is 0 Å². The minimum absolute atomic E-state index is 0.139. The van der Waals surface area contributed by atoms with Gasteiger partial charge in [-0.1, -0.05) is 0 Å². The van der Waals surface area contributed by atoms with Crippen LogP contribution in [0.5, 0.6) is 0 Å². The minimum Gasteiger partial charge on any atom is -0.352 e. The summed E-state index contributed by atoms with van der Waals surface area (Å²) < 4.78 is 12.6. The van der Waals surface area contributed by atoms with Crippen molar-refractivity contribution in [3.8, 4) is 0 Å². The highest BCUT2D eigenvalue weighted by atomic mass is 16.7. The summed E-state index contributed by atoms with van der Waals surface area (Å²) in [5, 5.41) is 6.75. The summed E-state index contributed by atoms with van der Waals surface area (Å²) in [4.78, 5) is 11.9. The van der Waals surface area contributed by atoms with Gasteiger partial charge < -0.3 is 20.5 Å². The molecule has 1 amide bonds. The lowest BCUT2D eigenvalue weighted by atomic mass is 10.1. The number of carbonyl (C=O) groups excluding carboxylic acids is 1.